The molecule has 2 N–H and O–H groups in total. The first kappa shape index (κ1) is 11.1. The third-order valence-electron chi connectivity index (χ3n) is 3.15. The minimum atomic E-state index is -2.56. The predicted molar refractivity (Wildman–Crippen MR) is 54.0 cm³/mol. The molecule has 2 unspecified atom stereocenters. The maximum Gasteiger partial charge on any atom is 0.322 e. The van der Waals surface area contributed by atoms with E-state index in [1.807, 2.05) is 0 Å². The number of carboxylic acid groups (broad SMARTS) is 1. The smallest absolute Gasteiger partial charge is 0.322 e. The van der Waals surface area contributed by atoms with Crippen molar-refractivity contribution in [3.05, 3.63) is 23.4 Å². The molecule has 2 aliphatic carbocycles. The third-order valence-corrected chi connectivity index (χ3v) is 3.15. The maximum absolute atomic E-state index is 12.6. The molecule has 2 aliphatic rings. The monoisotopic (exact) mass is 229 g/mol. The summed E-state index contributed by atoms with van der Waals surface area (Å²) >= 11 is 0. The van der Waals surface area contributed by atoms with Crippen molar-refractivity contribution in [3.8, 4) is 0 Å². The Labute approximate surface area is 91.8 Å². The summed E-state index contributed by atoms with van der Waals surface area (Å²) in [4.78, 5) is 10.4. The number of halogens is 2. The summed E-state index contributed by atoms with van der Waals surface area (Å²) in [6, 6.07) is 0. The standard InChI is InChI=1S/C11H13F2NO2/c1-5(11(12)13)10-7-2-6(7)3-8(10)14-4-9(15)16/h6-7,11,14H,1-4H2,(H,15,16). The number of carbonyl (C=O) groups is 1. The van der Waals surface area contributed by atoms with Gasteiger partial charge in [0.1, 0.15) is 6.54 Å². The van der Waals surface area contributed by atoms with Gasteiger partial charge in [-0.25, -0.2) is 8.78 Å². The summed E-state index contributed by atoms with van der Waals surface area (Å²) in [7, 11) is 0. The van der Waals surface area contributed by atoms with E-state index < -0.39 is 12.4 Å². The fourth-order valence-electron chi connectivity index (χ4n) is 2.32. The molecule has 0 spiro atoms. The summed E-state index contributed by atoms with van der Waals surface area (Å²) < 4.78 is 25.1. The quantitative estimate of drug-likeness (QED) is 0.755. The molecule has 0 aromatic rings. The van der Waals surface area contributed by atoms with Crippen LogP contribution in [0.3, 0.4) is 0 Å². The average Bonchev–Trinajstić information content (AvgIpc) is 2.86. The summed E-state index contributed by atoms with van der Waals surface area (Å²) in [6.07, 6.45) is -0.950. The number of fused-ring (bicyclic) bond motifs is 1. The number of hydrogen-bond donors (Lipinski definition) is 2. The van der Waals surface area contributed by atoms with Crippen molar-refractivity contribution < 1.29 is 18.7 Å². The second-order valence-electron chi connectivity index (χ2n) is 4.27. The Morgan fingerprint density at radius 1 is 1.62 bits per heavy atom. The highest BCUT2D eigenvalue weighted by atomic mass is 19.3. The number of aliphatic carboxylic acids is 1. The van der Waals surface area contributed by atoms with Crippen molar-refractivity contribution in [2.45, 2.75) is 19.3 Å². The molecular weight excluding hydrogens is 216 g/mol. The van der Waals surface area contributed by atoms with Crippen LogP contribution in [-0.2, 0) is 4.79 Å². The SMILES string of the molecule is C=C(C1=C(NCC(=O)O)CC2CC12)C(F)F. The van der Waals surface area contributed by atoms with Gasteiger partial charge >= 0.3 is 5.97 Å². The van der Waals surface area contributed by atoms with Crippen LogP contribution >= 0.6 is 0 Å². The first-order valence-electron chi connectivity index (χ1n) is 5.16. The van der Waals surface area contributed by atoms with Crippen LogP contribution < -0.4 is 5.32 Å². The van der Waals surface area contributed by atoms with Crippen molar-refractivity contribution >= 4 is 5.97 Å². The molecule has 0 heterocycles. The van der Waals surface area contributed by atoms with E-state index in [1.165, 1.54) is 0 Å². The number of carboxylic acids is 1. The van der Waals surface area contributed by atoms with Gasteiger partial charge in [0.25, 0.3) is 6.43 Å². The van der Waals surface area contributed by atoms with Gasteiger partial charge in [-0.05, 0) is 30.3 Å². The predicted octanol–water partition coefficient (Wildman–Crippen LogP) is 1.78. The normalized spacial score (nSPS) is 26.9. The van der Waals surface area contributed by atoms with E-state index in [1.54, 1.807) is 0 Å². The van der Waals surface area contributed by atoms with Crippen LogP contribution in [0.1, 0.15) is 12.8 Å². The molecule has 3 nitrogen and oxygen atoms in total. The van der Waals surface area contributed by atoms with E-state index in [0.29, 0.717) is 23.6 Å². The van der Waals surface area contributed by atoms with Gasteiger partial charge in [0.2, 0.25) is 0 Å². The van der Waals surface area contributed by atoms with Crippen molar-refractivity contribution in [1.82, 2.24) is 5.32 Å². The van der Waals surface area contributed by atoms with Crippen LogP contribution in [0.5, 0.6) is 0 Å². The first-order valence-corrected chi connectivity index (χ1v) is 5.16. The van der Waals surface area contributed by atoms with E-state index in [-0.39, 0.29) is 18.0 Å². The molecule has 16 heavy (non-hydrogen) atoms. The largest absolute Gasteiger partial charge is 0.480 e. The molecule has 0 aromatic heterocycles. The van der Waals surface area contributed by atoms with Crippen molar-refractivity contribution in [1.29, 1.82) is 0 Å². The van der Waals surface area contributed by atoms with Gasteiger partial charge in [0.05, 0.1) is 0 Å². The first-order chi connectivity index (χ1) is 7.50. The van der Waals surface area contributed by atoms with Crippen LogP contribution in [-0.4, -0.2) is 24.0 Å². The Hall–Kier alpha value is -1.39. The highest BCUT2D eigenvalue weighted by molar-refractivity contribution is 5.69. The van der Waals surface area contributed by atoms with Gasteiger partial charge in [0, 0.05) is 11.3 Å². The molecule has 1 saturated carbocycles. The molecule has 0 bridgehead atoms. The zero-order valence-electron chi connectivity index (χ0n) is 8.67. The van der Waals surface area contributed by atoms with Gasteiger partial charge in [-0.1, -0.05) is 6.58 Å². The number of nitrogens with one attached hydrogen (secondary N) is 1. The minimum absolute atomic E-state index is 0.155. The molecule has 5 heteroatoms. The molecule has 0 aliphatic heterocycles. The minimum Gasteiger partial charge on any atom is -0.480 e. The van der Waals surface area contributed by atoms with E-state index in [4.69, 9.17) is 5.11 Å². The number of allylic oxidation sites excluding steroid dienone is 3. The summed E-state index contributed by atoms with van der Waals surface area (Å²) in [5.41, 5.74) is 1.06. The fourth-order valence-corrected chi connectivity index (χ4v) is 2.32. The zero-order valence-corrected chi connectivity index (χ0v) is 8.67. The van der Waals surface area contributed by atoms with Crippen LogP contribution in [0.4, 0.5) is 8.78 Å². The number of alkyl halides is 2. The highest BCUT2D eigenvalue weighted by Crippen LogP contribution is 2.56. The van der Waals surface area contributed by atoms with Gasteiger partial charge in [-0.3, -0.25) is 4.79 Å². The molecule has 2 atom stereocenters. The molecule has 0 aromatic carbocycles. The van der Waals surface area contributed by atoms with Crippen molar-refractivity contribution in [3.63, 3.8) is 0 Å². The molecule has 0 radical (unpaired) electrons. The van der Waals surface area contributed by atoms with Crippen LogP contribution in [0, 0.1) is 11.8 Å². The Morgan fingerprint density at radius 2 is 2.31 bits per heavy atom. The Bertz CT molecular complexity index is 376. The van der Waals surface area contributed by atoms with E-state index in [9.17, 15) is 13.6 Å². The molecule has 1 fully saturated rings. The third kappa shape index (κ3) is 1.94. The summed E-state index contributed by atoms with van der Waals surface area (Å²) in [6.45, 7) is 3.17. The van der Waals surface area contributed by atoms with Gasteiger partial charge in [0.15, 0.2) is 0 Å². The Balaban J connectivity index is 2.12. The van der Waals surface area contributed by atoms with E-state index in [2.05, 4.69) is 11.9 Å². The van der Waals surface area contributed by atoms with Crippen molar-refractivity contribution in [2.75, 3.05) is 6.54 Å². The summed E-state index contributed by atoms with van der Waals surface area (Å²) in [5.74, 6) is -0.394. The van der Waals surface area contributed by atoms with Gasteiger partial charge in [-0.2, -0.15) is 0 Å². The Kier molecular flexibility index (Phi) is 2.69. The second-order valence-corrected chi connectivity index (χ2v) is 4.27. The van der Waals surface area contributed by atoms with Gasteiger partial charge < -0.3 is 10.4 Å². The molecule has 2 rings (SSSR count). The topological polar surface area (TPSA) is 49.3 Å². The van der Waals surface area contributed by atoms with Gasteiger partial charge in [-0.15, -0.1) is 0 Å². The zero-order chi connectivity index (χ0) is 11.9. The Morgan fingerprint density at radius 3 is 2.88 bits per heavy atom. The average molecular weight is 229 g/mol. The fraction of sp³-hybridized carbons (Fsp3) is 0.545. The van der Waals surface area contributed by atoms with Crippen LogP contribution in [0.2, 0.25) is 0 Å². The van der Waals surface area contributed by atoms with E-state index >= 15 is 0 Å². The van der Waals surface area contributed by atoms with Crippen LogP contribution in [0.15, 0.2) is 23.4 Å². The van der Waals surface area contributed by atoms with Crippen LogP contribution in [0.25, 0.3) is 0 Å². The number of hydrogen-bond acceptors (Lipinski definition) is 2. The summed E-state index contributed by atoms with van der Waals surface area (Å²) in [5, 5.41) is 11.2. The van der Waals surface area contributed by atoms with Crippen molar-refractivity contribution in [2.24, 2.45) is 11.8 Å². The highest BCUT2D eigenvalue weighted by Gasteiger charge is 2.48. The second kappa shape index (κ2) is 3.88. The van der Waals surface area contributed by atoms with E-state index in [0.717, 1.165) is 6.42 Å². The molecule has 88 valence electrons. The molecular formula is C11H13F2NO2. The number of rotatable bonds is 5. The lowest BCUT2D eigenvalue weighted by atomic mass is 10.0. The lowest BCUT2D eigenvalue weighted by molar-refractivity contribution is -0.135. The molecule has 0 saturated heterocycles. The lowest BCUT2D eigenvalue weighted by Crippen LogP contribution is -2.23. The maximum atomic E-state index is 12.6. The molecule has 0 amide bonds. The lowest BCUT2D eigenvalue weighted by Gasteiger charge is -2.13.